The van der Waals surface area contributed by atoms with Crippen LogP contribution in [0.4, 0.5) is 0 Å². The average Bonchev–Trinajstić information content (AvgIpc) is 3.12. The van der Waals surface area contributed by atoms with Crippen molar-refractivity contribution in [1.82, 2.24) is 0 Å². The number of methoxy groups -OCH3 is 2. The summed E-state index contributed by atoms with van der Waals surface area (Å²) in [7, 11) is 3.32. The summed E-state index contributed by atoms with van der Waals surface area (Å²) in [5.74, 6) is 2.42. The summed E-state index contributed by atoms with van der Waals surface area (Å²) >= 11 is 3.45. The van der Waals surface area contributed by atoms with Gasteiger partial charge >= 0.3 is 0 Å². The summed E-state index contributed by atoms with van der Waals surface area (Å²) in [6, 6.07) is 3.91. The van der Waals surface area contributed by atoms with Crippen molar-refractivity contribution in [2.45, 2.75) is 25.3 Å². The second-order valence-corrected chi connectivity index (χ2v) is 5.37. The highest BCUT2D eigenvalue weighted by molar-refractivity contribution is 9.10. The fraction of sp³-hybridized carbons (Fsp3) is 0.538. The van der Waals surface area contributed by atoms with Crippen molar-refractivity contribution < 1.29 is 9.47 Å². The maximum absolute atomic E-state index is 6.24. The summed E-state index contributed by atoms with van der Waals surface area (Å²) in [5, 5.41) is 0. The molecule has 0 unspecified atom stereocenters. The standard InChI is InChI=1S/C13H18BrNO2.ClH/c1-16-12-7-10(14)13(17-2)6-9(12)11(15)5-8-3-4-8;/h6-8,11H,3-5,15H2,1-2H3;1H/t11-;/m1./s1. The van der Waals surface area contributed by atoms with Crippen molar-refractivity contribution in [2.24, 2.45) is 11.7 Å². The Balaban J connectivity index is 0.00000162. The van der Waals surface area contributed by atoms with Gasteiger partial charge in [0.25, 0.3) is 0 Å². The van der Waals surface area contributed by atoms with E-state index in [1.807, 2.05) is 12.1 Å². The van der Waals surface area contributed by atoms with E-state index in [-0.39, 0.29) is 18.4 Å². The van der Waals surface area contributed by atoms with Crippen molar-refractivity contribution >= 4 is 28.3 Å². The fourth-order valence-corrected chi connectivity index (χ4v) is 2.50. The minimum atomic E-state index is 0. The van der Waals surface area contributed by atoms with Crippen molar-refractivity contribution in [3.63, 3.8) is 0 Å². The van der Waals surface area contributed by atoms with E-state index in [1.54, 1.807) is 14.2 Å². The lowest BCUT2D eigenvalue weighted by molar-refractivity contribution is 0.391. The van der Waals surface area contributed by atoms with Crippen LogP contribution in [0.25, 0.3) is 0 Å². The molecule has 1 saturated carbocycles. The van der Waals surface area contributed by atoms with Crippen molar-refractivity contribution in [3.05, 3.63) is 22.2 Å². The van der Waals surface area contributed by atoms with Crippen molar-refractivity contribution in [3.8, 4) is 11.5 Å². The van der Waals surface area contributed by atoms with Crippen molar-refractivity contribution in [1.29, 1.82) is 0 Å². The van der Waals surface area contributed by atoms with E-state index < -0.39 is 0 Å². The van der Waals surface area contributed by atoms with Crippen LogP contribution in [0.15, 0.2) is 16.6 Å². The van der Waals surface area contributed by atoms with Gasteiger partial charge in [0.15, 0.2) is 0 Å². The molecule has 0 aromatic heterocycles. The SMILES string of the molecule is COc1cc([C@H](N)CC2CC2)c(OC)cc1Br.Cl. The second-order valence-electron chi connectivity index (χ2n) is 4.51. The molecule has 2 rings (SSSR count). The minimum absolute atomic E-state index is 0. The molecule has 0 radical (unpaired) electrons. The normalized spacial score (nSPS) is 15.8. The van der Waals surface area contributed by atoms with Gasteiger partial charge in [-0.3, -0.25) is 0 Å². The molecule has 1 atom stereocenters. The molecule has 1 fully saturated rings. The molecule has 1 aliphatic carbocycles. The lowest BCUT2D eigenvalue weighted by atomic mass is 10.0. The Bertz CT molecular complexity index is 410. The number of halogens is 2. The zero-order valence-corrected chi connectivity index (χ0v) is 13.0. The van der Waals surface area contributed by atoms with Gasteiger partial charge in [-0.25, -0.2) is 0 Å². The molecule has 1 aliphatic rings. The molecule has 102 valence electrons. The van der Waals surface area contributed by atoms with E-state index in [4.69, 9.17) is 15.2 Å². The van der Waals surface area contributed by atoms with E-state index in [2.05, 4.69) is 15.9 Å². The Labute approximate surface area is 123 Å². The first-order chi connectivity index (χ1) is 8.15. The van der Waals surface area contributed by atoms with E-state index in [0.29, 0.717) is 0 Å². The third-order valence-electron chi connectivity index (χ3n) is 3.19. The predicted molar refractivity (Wildman–Crippen MR) is 78.8 cm³/mol. The van der Waals surface area contributed by atoms with E-state index in [1.165, 1.54) is 12.8 Å². The molecule has 5 heteroatoms. The molecule has 1 aromatic rings. The van der Waals surface area contributed by atoms with Gasteiger partial charge in [0.1, 0.15) is 11.5 Å². The average molecular weight is 337 g/mol. The number of benzene rings is 1. The summed E-state index contributed by atoms with van der Waals surface area (Å²) in [6.45, 7) is 0. The largest absolute Gasteiger partial charge is 0.496 e. The lowest BCUT2D eigenvalue weighted by Gasteiger charge is -2.17. The predicted octanol–water partition coefficient (Wildman–Crippen LogP) is 3.69. The number of rotatable bonds is 5. The van der Waals surface area contributed by atoms with Gasteiger partial charge < -0.3 is 15.2 Å². The van der Waals surface area contributed by atoms with E-state index in [9.17, 15) is 0 Å². The minimum Gasteiger partial charge on any atom is -0.496 e. The van der Waals surface area contributed by atoms with Gasteiger partial charge in [0, 0.05) is 11.6 Å². The molecular weight excluding hydrogens is 318 g/mol. The molecule has 18 heavy (non-hydrogen) atoms. The molecule has 0 spiro atoms. The number of hydrogen-bond acceptors (Lipinski definition) is 3. The Morgan fingerprint density at radius 2 is 1.89 bits per heavy atom. The quantitative estimate of drug-likeness (QED) is 0.892. The van der Waals surface area contributed by atoms with Gasteiger partial charge in [-0.1, -0.05) is 12.8 Å². The summed E-state index contributed by atoms with van der Waals surface area (Å²) < 4.78 is 11.6. The van der Waals surface area contributed by atoms with Gasteiger partial charge in [-0.05, 0) is 40.4 Å². The van der Waals surface area contributed by atoms with Crippen LogP contribution in [-0.2, 0) is 0 Å². The van der Waals surface area contributed by atoms with Crippen LogP contribution in [0.3, 0.4) is 0 Å². The first-order valence-electron chi connectivity index (χ1n) is 5.82. The Morgan fingerprint density at radius 1 is 1.28 bits per heavy atom. The van der Waals surface area contributed by atoms with Crippen LogP contribution in [0.1, 0.15) is 30.9 Å². The Kier molecular flexibility index (Phi) is 5.76. The highest BCUT2D eigenvalue weighted by Gasteiger charge is 2.26. The molecule has 0 heterocycles. The summed E-state index contributed by atoms with van der Waals surface area (Å²) in [4.78, 5) is 0. The zero-order chi connectivity index (χ0) is 12.4. The number of nitrogens with two attached hydrogens (primary N) is 1. The second kappa shape index (κ2) is 6.64. The summed E-state index contributed by atoms with van der Waals surface area (Å²) in [5.41, 5.74) is 7.26. The van der Waals surface area contributed by atoms with Crippen LogP contribution in [0.2, 0.25) is 0 Å². The van der Waals surface area contributed by atoms with Crippen LogP contribution in [0, 0.1) is 5.92 Å². The monoisotopic (exact) mass is 335 g/mol. The first-order valence-corrected chi connectivity index (χ1v) is 6.62. The fourth-order valence-electron chi connectivity index (χ4n) is 2.01. The Morgan fingerprint density at radius 3 is 2.39 bits per heavy atom. The Hall–Kier alpha value is -0.450. The third-order valence-corrected chi connectivity index (χ3v) is 3.81. The molecule has 0 amide bonds. The number of hydrogen-bond donors (Lipinski definition) is 1. The van der Waals surface area contributed by atoms with Crippen molar-refractivity contribution in [2.75, 3.05) is 14.2 Å². The lowest BCUT2D eigenvalue weighted by Crippen LogP contribution is -2.12. The van der Waals surface area contributed by atoms with Crippen LogP contribution >= 0.6 is 28.3 Å². The van der Waals surface area contributed by atoms with E-state index in [0.717, 1.165) is 33.9 Å². The topological polar surface area (TPSA) is 44.5 Å². The molecule has 0 aliphatic heterocycles. The van der Waals surface area contributed by atoms with Gasteiger partial charge in [-0.15, -0.1) is 12.4 Å². The van der Waals surface area contributed by atoms with E-state index >= 15 is 0 Å². The molecule has 0 saturated heterocycles. The highest BCUT2D eigenvalue weighted by atomic mass is 79.9. The smallest absolute Gasteiger partial charge is 0.133 e. The third kappa shape index (κ3) is 3.53. The highest BCUT2D eigenvalue weighted by Crippen LogP contribution is 2.41. The molecule has 0 bridgehead atoms. The zero-order valence-electron chi connectivity index (χ0n) is 10.6. The van der Waals surface area contributed by atoms with Gasteiger partial charge in [-0.2, -0.15) is 0 Å². The van der Waals surface area contributed by atoms with Gasteiger partial charge in [0.2, 0.25) is 0 Å². The maximum Gasteiger partial charge on any atom is 0.133 e. The molecule has 2 N–H and O–H groups in total. The van der Waals surface area contributed by atoms with Crippen LogP contribution in [0.5, 0.6) is 11.5 Å². The van der Waals surface area contributed by atoms with Crippen LogP contribution in [-0.4, -0.2) is 14.2 Å². The maximum atomic E-state index is 6.24. The first kappa shape index (κ1) is 15.6. The molecule has 3 nitrogen and oxygen atoms in total. The van der Waals surface area contributed by atoms with Crippen LogP contribution < -0.4 is 15.2 Å². The molecule has 1 aromatic carbocycles. The number of ether oxygens (including phenoxy) is 2. The molecular formula is C13H19BrClNO2. The summed E-state index contributed by atoms with van der Waals surface area (Å²) in [6.07, 6.45) is 3.65. The van der Waals surface area contributed by atoms with Gasteiger partial charge in [0.05, 0.1) is 18.7 Å².